The molecule has 1 saturated heterocycles. The van der Waals surface area contributed by atoms with Gasteiger partial charge in [-0.2, -0.15) is 5.26 Å². The van der Waals surface area contributed by atoms with Crippen molar-refractivity contribution in [3.63, 3.8) is 0 Å². The second-order valence-electron chi connectivity index (χ2n) is 9.08. The van der Waals surface area contributed by atoms with Crippen LogP contribution in [-0.2, 0) is 6.42 Å². The van der Waals surface area contributed by atoms with Gasteiger partial charge in [-0.15, -0.1) is 0 Å². The molecular weight excluding hydrogens is 474 g/mol. The van der Waals surface area contributed by atoms with E-state index in [0.29, 0.717) is 0 Å². The molecule has 4 rings (SSSR count). The minimum absolute atomic E-state index is 0.261. The van der Waals surface area contributed by atoms with Gasteiger partial charge in [0.15, 0.2) is 0 Å². The van der Waals surface area contributed by atoms with Gasteiger partial charge in [0.05, 0.1) is 0 Å². The molecule has 0 aromatic heterocycles. The van der Waals surface area contributed by atoms with Crippen molar-refractivity contribution in [1.29, 1.82) is 5.26 Å². The Labute approximate surface area is 217 Å². The van der Waals surface area contributed by atoms with Gasteiger partial charge in [0.1, 0.15) is 17.0 Å². The smallest absolute Gasteiger partial charge is 0.138 e. The van der Waals surface area contributed by atoms with Gasteiger partial charge >= 0.3 is 0 Å². The highest BCUT2D eigenvalue weighted by atomic mass is 32.2. The molecule has 0 unspecified atom stereocenters. The lowest BCUT2D eigenvalue weighted by Crippen LogP contribution is -2.47. The Kier molecular flexibility index (Phi) is 9.74. The minimum atomic E-state index is -0.261. The van der Waals surface area contributed by atoms with Crippen molar-refractivity contribution in [2.45, 2.75) is 24.2 Å². The Morgan fingerprint density at radius 3 is 1.72 bits per heavy atom. The quantitative estimate of drug-likeness (QED) is 0.225. The van der Waals surface area contributed by atoms with E-state index in [-0.39, 0.29) is 11.6 Å². The highest BCUT2D eigenvalue weighted by Crippen LogP contribution is 2.26. The molecule has 0 bridgehead atoms. The Morgan fingerprint density at radius 1 is 0.722 bits per heavy atom. The number of benzene rings is 3. The number of hydrogen-bond donors (Lipinski definition) is 0. The second kappa shape index (κ2) is 13.4. The van der Waals surface area contributed by atoms with E-state index < -0.39 is 0 Å². The molecule has 0 aliphatic carbocycles. The first-order chi connectivity index (χ1) is 17.6. The Bertz CT molecular complexity index is 1060. The second-order valence-corrected chi connectivity index (χ2v) is 9.94. The molecule has 0 amide bonds. The summed E-state index contributed by atoms with van der Waals surface area (Å²) in [6.45, 7) is 7.17. The van der Waals surface area contributed by atoms with Crippen LogP contribution in [0.2, 0.25) is 0 Å². The van der Waals surface area contributed by atoms with Crippen LogP contribution >= 0.6 is 11.8 Å². The summed E-state index contributed by atoms with van der Waals surface area (Å²) < 4.78 is 26.9. The van der Waals surface area contributed by atoms with Gasteiger partial charge in [0, 0.05) is 49.0 Å². The maximum atomic E-state index is 13.4. The van der Waals surface area contributed by atoms with Crippen molar-refractivity contribution < 1.29 is 8.78 Å². The van der Waals surface area contributed by atoms with Crippen LogP contribution < -0.4 is 4.90 Å². The van der Waals surface area contributed by atoms with E-state index in [4.69, 9.17) is 5.26 Å². The summed E-state index contributed by atoms with van der Waals surface area (Å²) in [5, 5.41) is 10.9. The number of nitriles is 1. The standard InChI is InChI=1S/C29H32F2N4S/c30-25-6-10-27(11-7-25)35(28-12-8-26(31)9-13-28)18-2-17-34-21-19-33(20-22-34)16-1-3-24-4-14-29(15-5-24)36-23-32/h4-15H,1-3,16-22H2. The van der Waals surface area contributed by atoms with Gasteiger partial charge < -0.3 is 14.7 Å². The summed E-state index contributed by atoms with van der Waals surface area (Å²) in [7, 11) is 0. The fourth-order valence-corrected chi connectivity index (χ4v) is 5.00. The predicted molar refractivity (Wildman–Crippen MR) is 144 cm³/mol. The highest BCUT2D eigenvalue weighted by molar-refractivity contribution is 8.03. The fourth-order valence-electron chi connectivity index (χ4n) is 4.62. The third-order valence-corrected chi connectivity index (χ3v) is 7.22. The number of aryl methyl sites for hydroxylation is 1. The maximum Gasteiger partial charge on any atom is 0.138 e. The summed E-state index contributed by atoms with van der Waals surface area (Å²) in [6.07, 6.45) is 3.16. The first-order valence-corrected chi connectivity index (χ1v) is 13.3. The van der Waals surface area contributed by atoms with Gasteiger partial charge in [-0.05, 0) is 110 Å². The number of thiocyanates is 1. The lowest BCUT2D eigenvalue weighted by Gasteiger charge is -2.35. The first-order valence-electron chi connectivity index (χ1n) is 12.5. The number of anilines is 2. The molecule has 0 saturated carbocycles. The molecule has 3 aromatic carbocycles. The summed E-state index contributed by atoms with van der Waals surface area (Å²) in [5.74, 6) is -0.522. The third kappa shape index (κ3) is 7.79. The minimum Gasteiger partial charge on any atom is -0.341 e. The van der Waals surface area contributed by atoms with E-state index in [9.17, 15) is 8.78 Å². The monoisotopic (exact) mass is 506 g/mol. The van der Waals surface area contributed by atoms with E-state index in [1.165, 1.54) is 41.6 Å². The van der Waals surface area contributed by atoms with Crippen LogP contribution in [0.4, 0.5) is 20.2 Å². The van der Waals surface area contributed by atoms with Crippen molar-refractivity contribution in [2.75, 3.05) is 50.7 Å². The molecule has 3 aromatic rings. The van der Waals surface area contributed by atoms with Gasteiger partial charge in [-0.3, -0.25) is 0 Å². The van der Waals surface area contributed by atoms with E-state index in [2.05, 4.69) is 32.2 Å². The molecule has 0 atom stereocenters. The first kappa shape index (κ1) is 26.2. The molecule has 1 aliphatic heterocycles. The zero-order valence-corrected chi connectivity index (χ0v) is 21.3. The number of rotatable bonds is 11. The summed E-state index contributed by atoms with van der Waals surface area (Å²) >= 11 is 1.20. The third-order valence-electron chi connectivity index (χ3n) is 6.62. The van der Waals surface area contributed by atoms with E-state index >= 15 is 0 Å². The summed E-state index contributed by atoms with van der Waals surface area (Å²) in [5.41, 5.74) is 3.14. The van der Waals surface area contributed by atoms with Crippen LogP contribution in [0.1, 0.15) is 18.4 Å². The molecule has 7 heteroatoms. The van der Waals surface area contributed by atoms with E-state index in [1.54, 1.807) is 24.3 Å². The van der Waals surface area contributed by atoms with Crippen molar-refractivity contribution in [3.8, 4) is 5.40 Å². The highest BCUT2D eigenvalue weighted by Gasteiger charge is 2.17. The molecule has 0 spiro atoms. The lowest BCUT2D eigenvalue weighted by molar-refractivity contribution is 0.131. The van der Waals surface area contributed by atoms with Crippen LogP contribution in [0, 0.1) is 22.3 Å². The number of nitrogens with zero attached hydrogens (tertiary/aromatic N) is 4. The zero-order chi connectivity index (χ0) is 25.2. The van der Waals surface area contributed by atoms with Crippen molar-refractivity contribution >= 4 is 23.1 Å². The molecule has 4 nitrogen and oxygen atoms in total. The predicted octanol–water partition coefficient (Wildman–Crippen LogP) is 6.32. The maximum absolute atomic E-state index is 13.4. The Morgan fingerprint density at radius 2 is 1.22 bits per heavy atom. The topological polar surface area (TPSA) is 33.5 Å². The molecule has 1 heterocycles. The van der Waals surface area contributed by atoms with Crippen molar-refractivity contribution in [2.24, 2.45) is 0 Å². The van der Waals surface area contributed by atoms with E-state index in [0.717, 1.165) is 81.3 Å². The molecule has 188 valence electrons. The largest absolute Gasteiger partial charge is 0.341 e. The van der Waals surface area contributed by atoms with Crippen LogP contribution in [0.3, 0.4) is 0 Å². The number of halogens is 2. The van der Waals surface area contributed by atoms with Crippen LogP contribution in [0.25, 0.3) is 0 Å². The normalized spacial score (nSPS) is 14.5. The molecule has 1 fully saturated rings. The molecule has 0 radical (unpaired) electrons. The zero-order valence-electron chi connectivity index (χ0n) is 20.5. The van der Waals surface area contributed by atoms with Crippen molar-refractivity contribution in [1.82, 2.24) is 9.80 Å². The average molecular weight is 507 g/mol. The number of piperazine rings is 1. The molecule has 0 N–H and O–H groups in total. The van der Waals surface area contributed by atoms with Crippen LogP contribution in [0.5, 0.6) is 0 Å². The van der Waals surface area contributed by atoms with Gasteiger partial charge in [-0.1, -0.05) is 12.1 Å². The average Bonchev–Trinajstić information content (AvgIpc) is 2.90. The fraction of sp³-hybridized carbons (Fsp3) is 0.345. The van der Waals surface area contributed by atoms with Gasteiger partial charge in [0.25, 0.3) is 0 Å². The van der Waals surface area contributed by atoms with E-state index in [1.807, 2.05) is 12.1 Å². The molecular formula is C29H32F2N4S. The Hall–Kier alpha value is -2.92. The number of thioether (sulfide) groups is 1. The van der Waals surface area contributed by atoms with Crippen LogP contribution in [0.15, 0.2) is 77.7 Å². The Balaban J connectivity index is 1.19. The molecule has 36 heavy (non-hydrogen) atoms. The van der Waals surface area contributed by atoms with Gasteiger partial charge in [0.2, 0.25) is 0 Å². The molecule has 1 aliphatic rings. The van der Waals surface area contributed by atoms with Crippen molar-refractivity contribution in [3.05, 3.63) is 90.0 Å². The van der Waals surface area contributed by atoms with Crippen LogP contribution in [-0.4, -0.2) is 55.6 Å². The summed E-state index contributed by atoms with van der Waals surface area (Å²) in [4.78, 5) is 8.17. The SMILES string of the molecule is N#CSc1ccc(CCCN2CCN(CCCN(c3ccc(F)cc3)c3ccc(F)cc3)CC2)cc1. The number of hydrogen-bond acceptors (Lipinski definition) is 5. The lowest BCUT2D eigenvalue weighted by atomic mass is 10.1. The summed E-state index contributed by atoms with van der Waals surface area (Å²) in [6, 6.07) is 21.3. The van der Waals surface area contributed by atoms with Gasteiger partial charge in [-0.25, -0.2) is 8.78 Å².